The van der Waals surface area contributed by atoms with E-state index in [-0.39, 0.29) is 17.0 Å². The molecule has 4 rings (SSSR count). The number of benzene rings is 1. The van der Waals surface area contributed by atoms with Crippen molar-refractivity contribution in [3.05, 3.63) is 52.8 Å². The molecule has 1 aliphatic rings. The van der Waals surface area contributed by atoms with Crippen LogP contribution in [0.1, 0.15) is 42.2 Å². The molecule has 0 spiro atoms. The van der Waals surface area contributed by atoms with Crippen molar-refractivity contribution in [1.82, 2.24) is 20.2 Å². The quantitative estimate of drug-likeness (QED) is 0.241. The van der Waals surface area contributed by atoms with Crippen LogP contribution in [-0.2, 0) is 0 Å². The van der Waals surface area contributed by atoms with Gasteiger partial charge in [-0.25, -0.2) is 28.7 Å². The van der Waals surface area contributed by atoms with Crippen molar-refractivity contribution in [2.24, 2.45) is 0 Å². The van der Waals surface area contributed by atoms with Gasteiger partial charge in [0.1, 0.15) is 17.5 Å². The molecule has 1 unspecified atom stereocenters. The van der Waals surface area contributed by atoms with Crippen LogP contribution in [0.15, 0.2) is 22.9 Å². The minimum Gasteiger partial charge on any atom is -0.395 e. The molecule has 3 aromatic rings. The van der Waals surface area contributed by atoms with Crippen LogP contribution in [0.5, 0.6) is 0 Å². The van der Waals surface area contributed by atoms with E-state index in [2.05, 4.69) is 15.5 Å². The molecule has 2 aromatic heterocycles. The number of hydrogen-bond donors (Lipinski definition) is 5. The van der Waals surface area contributed by atoms with Gasteiger partial charge in [-0.1, -0.05) is 10.4 Å². The Morgan fingerprint density at radius 3 is 2.36 bits per heavy atom. The summed E-state index contributed by atoms with van der Waals surface area (Å²) in [6.45, 7) is 6.27. The van der Waals surface area contributed by atoms with Crippen LogP contribution in [0.4, 0.5) is 13.2 Å². The maximum Gasteiger partial charge on any atom is 0.194 e. The fourth-order valence-electron chi connectivity index (χ4n) is 5.02. The highest BCUT2D eigenvalue weighted by molar-refractivity contribution is 8.18. The lowest BCUT2D eigenvalue weighted by atomic mass is 9.96. The monoisotopic (exact) mass is 530 g/mol. The second kappa shape index (κ2) is 9.78. The molecule has 9 nitrogen and oxygen atoms in total. The lowest BCUT2D eigenvalue weighted by Crippen LogP contribution is -2.52. The van der Waals surface area contributed by atoms with Crippen molar-refractivity contribution in [3.63, 3.8) is 0 Å². The van der Waals surface area contributed by atoms with Crippen LogP contribution in [-0.4, -0.2) is 76.0 Å². The maximum absolute atomic E-state index is 13.7. The third kappa shape index (κ3) is 4.65. The Morgan fingerprint density at radius 1 is 1.19 bits per heavy atom. The second-order valence-electron chi connectivity index (χ2n) is 9.63. The van der Waals surface area contributed by atoms with Gasteiger partial charge in [-0.3, -0.25) is 0 Å². The third-order valence-corrected chi connectivity index (χ3v) is 10.3. The molecular formula is C23H29F3N4O5S. The number of halogens is 3. The predicted molar refractivity (Wildman–Crippen MR) is 126 cm³/mol. The van der Waals surface area contributed by atoms with Crippen molar-refractivity contribution in [1.29, 1.82) is 0 Å². The van der Waals surface area contributed by atoms with E-state index in [1.807, 2.05) is 0 Å². The topological polar surface area (TPSA) is 138 Å². The maximum atomic E-state index is 13.7. The minimum atomic E-state index is -1.61. The smallest absolute Gasteiger partial charge is 0.194 e. The van der Waals surface area contributed by atoms with Crippen LogP contribution in [0.3, 0.4) is 0 Å². The van der Waals surface area contributed by atoms with E-state index in [0.29, 0.717) is 17.0 Å². The molecule has 198 valence electrons. The van der Waals surface area contributed by atoms with Crippen molar-refractivity contribution in [2.75, 3.05) is 12.4 Å². The molecule has 1 aromatic carbocycles. The molecule has 1 saturated heterocycles. The van der Waals surface area contributed by atoms with Crippen LogP contribution in [0.2, 0.25) is 0 Å². The summed E-state index contributed by atoms with van der Waals surface area (Å²) in [4.78, 5) is 0. The van der Waals surface area contributed by atoms with Gasteiger partial charge in [-0.15, -0.1) is 5.10 Å². The van der Waals surface area contributed by atoms with Gasteiger partial charge in [0, 0.05) is 27.4 Å². The number of thiol groups is 1. The molecular weight excluding hydrogens is 501 g/mol. The lowest BCUT2D eigenvalue weighted by Gasteiger charge is -2.50. The number of aliphatic hydroxyl groups excluding tert-OH is 3. The van der Waals surface area contributed by atoms with Gasteiger partial charge in [-0.05, 0) is 39.8 Å². The Labute approximate surface area is 207 Å². The molecule has 36 heavy (non-hydrogen) atoms. The van der Waals surface area contributed by atoms with E-state index in [0.717, 1.165) is 12.1 Å². The van der Waals surface area contributed by atoms with E-state index in [1.54, 1.807) is 27.7 Å². The summed E-state index contributed by atoms with van der Waals surface area (Å²) in [6.07, 6.45) is -1.17. The Morgan fingerprint density at radius 2 is 1.83 bits per heavy atom. The molecule has 1 fully saturated rings. The summed E-state index contributed by atoms with van der Waals surface area (Å²) in [7, 11) is -1.42. The van der Waals surface area contributed by atoms with Gasteiger partial charge >= 0.3 is 0 Å². The Hall–Kier alpha value is -2.45. The molecule has 3 heterocycles. The average molecular weight is 531 g/mol. The van der Waals surface area contributed by atoms with Crippen LogP contribution >= 0.6 is 10.9 Å². The first-order valence-electron chi connectivity index (χ1n) is 11.3. The summed E-state index contributed by atoms with van der Waals surface area (Å²) < 4.78 is 47.2. The van der Waals surface area contributed by atoms with Crippen LogP contribution < -0.4 is 0 Å². The number of aromatic nitrogens is 4. The standard InChI is InChI=1S/C23H29F3N4O5S/c1-10-18(11(2)35-28-10)22(23(3,4)34)36-9-16(32)20(21(33)17(36)8-31)30-7-15(27-29-30)12-5-13(24)19(26)14(25)6-12/h5-7,16-17,20-22,31-34,36H,8-9H2,1-4H3/t16-,17+,20-,21-,22+/m0/s1. The fourth-order valence-corrected chi connectivity index (χ4v) is 8.82. The Balaban J connectivity index is 1.69. The highest BCUT2D eigenvalue weighted by atomic mass is 32.2. The van der Waals surface area contributed by atoms with E-state index in [4.69, 9.17) is 4.52 Å². The van der Waals surface area contributed by atoms with Gasteiger partial charge in [0.15, 0.2) is 17.5 Å². The van der Waals surface area contributed by atoms with E-state index < -0.39 is 69.3 Å². The van der Waals surface area contributed by atoms with Gasteiger partial charge in [0.05, 0.1) is 36.3 Å². The molecule has 13 heteroatoms. The van der Waals surface area contributed by atoms with Crippen molar-refractivity contribution >= 4 is 10.9 Å². The molecule has 0 radical (unpaired) electrons. The zero-order chi connectivity index (χ0) is 26.5. The van der Waals surface area contributed by atoms with Crippen molar-refractivity contribution in [3.8, 4) is 11.3 Å². The van der Waals surface area contributed by atoms with Gasteiger partial charge in [-0.2, -0.15) is 0 Å². The van der Waals surface area contributed by atoms with Gasteiger partial charge in [0.25, 0.3) is 0 Å². The van der Waals surface area contributed by atoms with E-state index >= 15 is 0 Å². The third-order valence-electron chi connectivity index (χ3n) is 6.61. The largest absolute Gasteiger partial charge is 0.395 e. The summed E-state index contributed by atoms with van der Waals surface area (Å²) >= 11 is 0. The zero-order valence-corrected chi connectivity index (χ0v) is 21.0. The molecule has 0 saturated carbocycles. The van der Waals surface area contributed by atoms with Gasteiger partial charge in [0.2, 0.25) is 0 Å². The number of rotatable bonds is 6. The summed E-state index contributed by atoms with van der Waals surface area (Å²) in [5, 5.41) is 54.3. The van der Waals surface area contributed by atoms with Crippen molar-refractivity contribution < 1.29 is 38.1 Å². The zero-order valence-electron chi connectivity index (χ0n) is 20.1. The van der Waals surface area contributed by atoms with E-state index in [9.17, 15) is 33.6 Å². The Bertz CT molecular complexity index is 1200. The number of hydrogen-bond acceptors (Lipinski definition) is 8. The summed E-state index contributed by atoms with van der Waals surface area (Å²) in [5.74, 6) is -3.75. The Kier molecular flexibility index (Phi) is 7.23. The van der Waals surface area contributed by atoms with Crippen LogP contribution in [0.25, 0.3) is 11.3 Å². The average Bonchev–Trinajstić information content (AvgIpc) is 3.39. The molecule has 1 aliphatic heterocycles. The highest BCUT2D eigenvalue weighted by Gasteiger charge is 2.49. The second-order valence-corrected chi connectivity index (χ2v) is 12.2. The van der Waals surface area contributed by atoms with Gasteiger partial charge < -0.3 is 24.9 Å². The van der Waals surface area contributed by atoms with Crippen molar-refractivity contribution in [2.45, 2.75) is 62.0 Å². The molecule has 6 atom stereocenters. The fraction of sp³-hybridized carbons (Fsp3) is 0.522. The summed E-state index contributed by atoms with van der Waals surface area (Å²) in [5.41, 5.74) is -0.105. The lowest BCUT2D eigenvalue weighted by molar-refractivity contribution is 0.00568. The first-order valence-corrected chi connectivity index (χ1v) is 13.0. The number of aryl methyl sites for hydroxylation is 2. The minimum absolute atomic E-state index is 0.00525. The molecule has 0 bridgehead atoms. The number of aliphatic hydroxyl groups is 4. The highest BCUT2D eigenvalue weighted by Crippen LogP contribution is 2.58. The number of nitrogens with zero attached hydrogens (tertiary/aromatic N) is 4. The molecule has 0 aliphatic carbocycles. The van der Waals surface area contributed by atoms with E-state index in [1.165, 1.54) is 10.9 Å². The predicted octanol–water partition coefficient (Wildman–Crippen LogP) is 2.12. The first kappa shape index (κ1) is 26.6. The SMILES string of the molecule is Cc1noc(C)c1[C@@H]([SH]1C[C@H](O)[C@H](n2cc(-c3cc(F)c(F)c(F)c3)nn2)[C@@H](O)[C@H]1CO)C(C)(C)O. The molecule has 0 amide bonds. The van der Waals surface area contributed by atoms with Crippen LogP contribution in [0, 0.1) is 31.3 Å². The first-order chi connectivity index (χ1) is 16.8. The normalized spacial score (nSPS) is 26.8. The summed E-state index contributed by atoms with van der Waals surface area (Å²) in [6, 6.07) is 0.506. The molecule has 4 N–H and O–H groups in total.